The van der Waals surface area contributed by atoms with Crippen LogP contribution in [0.2, 0.25) is 0 Å². The number of hydrogen-bond donors (Lipinski definition) is 0. The van der Waals surface area contributed by atoms with Crippen molar-refractivity contribution in [3.05, 3.63) is 56.4 Å². The summed E-state index contributed by atoms with van der Waals surface area (Å²) in [4.78, 5) is 11.6. The van der Waals surface area contributed by atoms with E-state index < -0.39 is 0 Å². The number of methoxy groups -OCH3 is 1. The van der Waals surface area contributed by atoms with Gasteiger partial charge < -0.3 is 14.0 Å². The first-order valence-electron chi connectivity index (χ1n) is 7.64. The van der Waals surface area contributed by atoms with Crippen LogP contribution in [-0.2, 0) is 13.5 Å². The molecule has 0 saturated heterocycles. The molecule has 0 bridgehead atoms. The summed E-state index contributed by atoms with van der Waals surface area (Å²) >= 11 is 3.41. The van der Waals surface area contributed by atoms with E-state index in [0.29, 0.717) is 12.4 Å². The van der Waals surface area contributed by atoms with Crippen LogP contribution in [0.4, 0.5) is 0 Å². The molecule has 0 aliphatic rings. The average molecular weight is 380 g/mol. The molecule has 0 aliphatic heterocycles. The topological polar surface area (TPSA) is 40.5 Å². The minimum Gasteiger partial charge on any atom is -0.496 e. The first-order valence-corrected chi connectivity index (χ1v) is 8.43. The Hall–Kier alpha value is -1.75. The predicted molar refractivity (Wildman–Crippen MR) is 95.5 cm³/mol. The smallest absolute Gasteiger partial charge is 0.254 e. The van der Waals surface area contributed by atoms with E-state index >= 15 is 0 Å². The molecule has 0 amide bonds. The van der Waals surface area contributed by atoms with Gasteiger partial charge in [0.2, 0.25) is 0 Å². The van der Waals surface area contributed by atoms with Crippen molar-refractivity contribution in [3.8, 4) is 11.5 Å². The summed E-state index contributed by atoms with van der Waals surface area (Å²) in [6, 6.07) is 7.72. The minimum absolute atomic E-state index is 0.0762. The number of hydrogen-bond acceptors (Lipinski definition) is 3. The zero-order valence-electron chi connectivity index (χ0n) is 13.8. The van der Waals surface area contributed by atoms with Crippen LogP contribution in [0.5, 0.6) is 11.5 Å². The molecule has 0 N–H and O–H groups in total. The molecule has 1 aromatic heterocycles. The summed E-state index contributed by atoms with van der Waals surface area (Å²) in [5, 5.41) is 0. The number of aryl methyl sites for hydroxylation is 3. The van der Waals surface area contributed by atoms with E-state index in [0.717, 1.165) is 35.0 Å². The number of pyridine rings is 1. The first kappa shape index (κ1) is 17.6. The number of nitrogens with zero attached hydrogens (tertiary/aromatic N) is 1. The quantitative estimate of drug-likeness (QED) is 0.685. The molecule has 2 rings (SSSR count). The van der Waals surface area contributed by atoms with Crippen molar-refractivity contribution >= 4 is 15.9 Å². The lowest BCUT2D eigenvalue weighted by molar-refractivity contribution is 0.303. The van der Waals surface area contributed by atoms with E-state index in [1.165, 1.54) is 16.2 Å². The van der Waals surface area contributed by atoms with Gasteiger partial charge in [-0.25, -0.2) is 0 Å². The largest absolute Gasteiger partial charge is 0.496 e. The number of halogens is 1. The number of para-hydroxylation sites is 1. The van der Waals surface area contributed by atoms with Gasteiger partial charge in [-0.05, 0) is 53.2 Å². The van der Waals surface area contributed by atoms with Crippen LogP contribution < -0.4 is 15.0 Å². The van der Waals surface area contributed by atoms with E-state index in [4.69, 9.17) is 9.47 Å². The van der Waals surface area contributed by atoms with Crippen molar-refractivity contribution in [2.45, 2.75) is 26.2 Å². The van der Waals surface area contributed by atoms with Crippen LogP contribution in [0.25, 0.3) is 0 Å². The van der Waals surface area contributed by atoms with Crippen molar-refractivity contribution in [3.63, 3.8) is 0 Å². The van der Waals surface area contributed by atoms with Crippen LogP contribution in [0, 0.1) is 6.92 Å². The lowest BCUT2D eigenvalue weighted by Gasteiger charge is -2.12. The second-order valence-electron chi connectivity index (χ2n) is 5.51. The van der Waals surface area contributed by atoms with E-state index in [-0.39, 0.29) is 5.56 Å². The van der Waals surface area contributed by atoms with E-state index in [9.17, 15) is 4.79 Å². The molecular formula is C18H22BrNO3. The van der Waals surface area contributed by atoms with Gasteiger partial charge in [0, 0.05) is 19.3 Å². The molecule has 2 aromatic rings. The van der Waals surface area contributed by atoms with Gasteiger partial charge in [-0.1, -0.05) is 18.2 Å². The predicted octanol–water partition coefficient (Wildman–Crippen LogP) is 3.87. The number of rotatable bonds is 7. The summed E-state index contributed by atoms with van der Waals surface area (Å²) in [6.45, 7) is 2.64. The number of aromatic nitrogens is 1. The zero-order valence-corrected chi connectivity index (χ0v) is 15.4. The summed E-state index contributed by atoms with van der Waals surface area (Å²) in [6.07, 6.45) is 4.59. The van der Waals surface area contributed by atoms with Gasteiger partial charge >= 0.3 is 0 Å². The fourth-order valence-electron chi connectivity index (χ4n) is 2.49. The lowest BCUT2D eigenvalue weighted by atomic mass is 10.0. The van der Waals surface area contributed by atoms with Gasteiger partial charge in [0.05, 0.1) is 18.2 Å². The Morgan fingerprint density at radius 3 is 2.78 bits per heavy atom. The van der Waals surface area contributed by atoms with Crippen molar-refractivity contribution in [1.82, 2.24) is 4.57 Å². The van der Waals surface area contributed by atoms with Gasteiger partial charge in [-0.3, -0.25) is 4.79 Å². The molecule has 5 heteroatoms. The fourth-order valence-corrected chi connectivity index (χ4v) is 3.03. The van der Waals surface area contributed by atoms with E-state index in [1.54, 1.807) is 20.4 Å². The van der Waals surface area contributed by atoms with Crippen LogP contribution in [0.3, 0.4) is 0 Å². The molecule has 0 aliphatic carbocycles. The van der Waals surface area contributed by atoms with Crippen molar-refractivity contribution in [1.29, 1.82) is 0 Å². The van der Waals surface area contributed by atoms with Crippen LogP contribution >= 0.6 is 15.9 Å². The molecule has 0 saturated carbocycles. The highest BCUT2D eigenvalue weighted by Gasteiger charge is 2.06. The SMILES string of the molecule is COc1c(C)cccc1CCCCOc1cc(=O)n(C)cc1Br. The summed E-state index contributed by atoms with van der Waals surface area (Å²) in [5.74, 6) is 1.57. The zero-order chi connectivity index (χ0) is 16.8. The number of ether oxygens (including phenoxy) is 2. The van der Waals surface area contributed by atoms with Gasteiger partial charge in [-0.2, -0.15) is 0 Å². The first-order chi connectivity index (χ1) is 11.0. The molecule has 0 spiro atoms. The third-order valence-corrected chi connectivity index (χ3v) is 4.34. The van der Waals surface area contributed by atoms with Gasteiger partial charge in [-0.15, -0.1) is 0 Å². The van der Waals surface area contributed by atoms with Gasteiger partial charge in [0.25, 0.3) is 5.56 Å². The second kappa shape index (κ2) is 8.20. The number of benzene rings is 1. The van der Waals surface area contributed by atoms with Gasteiger partial charge in [0.15, 0.2) is 0 Å². The maximum atomic E-state index is 11.6. The Balaban J connectivity index is 1.84. The third-order valence-electron chi connectivity index (χ3n) is 3.74. The fraction of sp³-hybridized carbons (Fsp3) is 0.389. The maximum Gasteiger partial charge on any atom is 0.254 e. The van der Waals surface area contributed by atoms with E-state index in [2.05, 4.69) is 41.1 Å². The molecule has 0 atom stereocenters. The Morgan fingerprint density at radius 1 is 1.26 bits per heavy atom. The normalized spacial score (nSPS) is 10.6. The minimum atomic E-state index is -0.0762. The van der Waals surface area contributed by atoms with Crippen LogP contribution in [-0.4, -0.2) is 18.3 Å². The van der Waals surface area contributed by atoms with Crippen molar-refractivity contribution in [2.75, 3.05) is 13.7 Å². The Morgan fingerprint density at radius 2 is 2.04 bits per heavy atom. The van der Waals surface area contributed by atoms with Gasteiger partial charge in [0.1, 0.15) is 11.5 Å². The number of unbranched alkanes of at least 4 members (excludes halogenated alkanes) is 1. The Kier molecular flexibility index (Phi) is 6.28. The highest BCUT2D eigenvalue weighted by molar-refractivity contribution is 9.10. The average Bonchev–Trinajstić information content (AvgIpc) is 2.52. The Bertz CT molecular complexity index is 725. The van der Waals surface area contributed by atoms with Crippen LogP contribution in [0.1, 0.15) is 24.0 Å². The molecule has 23 heavy (non-hydrogen) atoms. The molecule has 0 radical (unpaired) electrons. The standard InChI is InChI=1S/C18H22BrNO3/c1-13-7-6-9-14(18(13)22-3)8-4-5-10-23-16-11-17(21)20(2)12-15(16)19/h6-7,9,11-12H,4-5,8,10H2,1-3H3. The monoisotopic (exact) mass is 379 g/mol. The summed E-state index contributed by atoms with van der Waals surface area (Å²) < 4.78 is 13.5. The summed E-state index contributed by atoms with van der Waals surface area (Å²) in [7, 11) is 3.43. The molecule has 4 nitrogen and oxygen atoms in total. The summed E-state index contributed by atoms with van der Waals surface area (Å²) in [5.41, 5.74) is 2.31. The van der Waals surface area contributed by atoms with Crippen LogP contribution in [0.15, 0.2) is 39.7 Å². The second-order valence-corrected chi connectivity index (χ2v) is 6.36. The highest BCUT2D eigenvalue weighted by atomic mass is 79.9. The molecule has 0 fully saturated rings. The Labute approximate surface area is 145 Å². The third kappa shape index (κ3) is 4.61. The van der Waals surface area contributed by atoms with Crippen molar-refractivity contribution < 1.29 is 9.47 Å². The molecule has 1 aromatic carbocycles. The molecule has 124 valence electrons. The molecular weight excluding hydrogens is 358 g/mol. The highest BCUT2D eigenvalue weighted by Crippen LogP contribution is 2.25. The van der Waals surface area contributed by atoms with E-state index in [1.807, 2.05) is 0 Å². The maximum absolute atomic E-state index is 11.6. The molecule has 0 unspecified atom stereocenters. The molecule has 1 heterocycles. The van der Waals surface area contributed by atoms with Crippen molar-refractivity contribution in [2.24, 2.45) is 7.05 Å². The lowest BCUT2D eigenvalue weighted by Crippen LogP contribution is -2.15.